The molecule has 0 saturated heterocycles. The Morgan fingerprint density at radius 2 is 1.92 bits per heavy atom. The van der Waals surface area contributed by atoms with Crippen LogP contribution in [0.15, 0.2) is 36.7 Å². The van der Waals surface area contributed by atoms with E-state index in [4.69, 9.17) is 4.74 Å². The lowest BCUT2D eigenvalue weighted by molar-refractivity contribution is 0.0937. The number of anilines is 2. The fraction of sp³-hybridized carbons (Fsp3) is 0.389. The van der Waals surface area contributed by atoms with Crippen molar-refractivity contribution in [2.24, 2.45) is 0 Å². The molecule has 0 atom stereocenters. The number of hydrogen-bond acceptors (Lipinski definition) is 5. The van der Waals surface area contributed by atoms with Gasteiger partial charge in [-0.05, 0) is 31.9 Å². The number of para-hydroxylation sites is 2. The summed E-state index contributed by atoms with van der Waals surface area (Å²) in [5.74, 6) is 1.06. The van der Waals surface area contributed by atoms with E-state index < -0.39 is 0 Å². The van der Waals surface area contributed by atoms with E-state index in [0.717, 1.165) is 24.3 Å². The van der Waals surface area contributed by atoms with E-state index in [0.29, 0.717) is 18.1 Å². The van der Waals surface area contributed by atoms with Crippen molar-refractivity contribution in [1.82, 2.24) is 15.3 Å². The van der Waals surface area contributed by atoms with Crippen molar-refractivity contribution in [1.29, 1.82) is 0 Å². The summed E-state index contributed by atoms with van der Waals surface area (Å²) in [6, 6.07) is 7.89. The summed E-state index contributed by atoms with van der Waals surface area (Å²) < 4.78 is 5.56. The van der Waals surface area contributed by atoms with Crippen LogP contribution in [0.1, 0.15) is 43.0 Å². The van der Waals surface area contributed by atoms with Gasteiger partial charge in [-0.25, -0.2) is 9.97 Å². The van der Waals surface area contributed by atoms with Crippen molar-refractivity contribution in [2.75, 3.05) is 11.9 Å². The SMILES string of the molecule is CCOc1ccccc1Nc1ncc(C(=O)NC2CCCC2)cn1. The molecule has 1 saturated carbocycles. The fourth-order valence-electron chi connectivity index (χ4n) is 2.82. The van der Waals surface area contributed by atoms with Crippen LogP contribution >= 0.6 is 0 Å². The van der Waals surface area contributed by atoms with Gasteiger partial charge in [-0.2, -0.15) is 0 Å². The summed E-state index contributed by atoms with van der Waals surface area (Å²) >= 11 is 0. The molecule has 0 bridgehead atoms. The fourth-order valence-corrected chi connectivity index (χ4v) is 2.82. The number of hydrogen-bond donors (Lipinski definition) is 2. The molecule has 24 heavy (non-hydrogen) atoms. The molecule has 2 N–H and O–H groups in total. The summed E-state index contributed by atoms with van der Waals surface area (Å²) in [7, 11) is 0. The first-order valence-electron chi connectivity index (χ1n) is 8.38. The Balaban J connectivity index is 1.65. The predicted octanol–water partition coefficient (Wildman–Crippen LogP) is 3.29. The van der Waals surface area contributed by atoms with Gasteiger partial charge in [0.25, 0.3) is 5.91 Å². The Labute approximate surface area is 141 Å². The van der Waals surface area contributed by atoms with Gasteiger partial charge in [0.2, 0.25) is 5.95 Å². The predicted molar refractivity (Wildman–Crippen MR) is 92.6 cm³/mol. The minimum atomic E-state index is -0.108. The van der Waals surface area contributed by atoms with E-state index in [1.807, 2.05) is 31.2 Å². The number of carbonyl (C=O) groups excluding carboxylic acids is 1. The summed E-state index contributed by atoms with van der Waals surface area (Å²) in [6.45, 7) is 2.52. The second-order valence-electron chi connectivity index (χ2n) is 5.80. The highest BCUT2D eigenvalue weighted by atomic mass is 16.5. The number of carbonyl (C=O) groups is 1. The van der Waals surface area contributed by atoms with Crippen molar-refractivity contribution >= 4 is 17.5 Å². The molecule has 1 fully saturated rings. The Morgan fingerprint density at radius 3 is 2.62 bits per heavy atom. The molecule has 1 aromatic heterocycles. The van der Waals surface area contributed by atoms with Crippen LogP contribution < -0.4 is 15.4 Å². The Kier molecular flexibility index (Phi) is 5.25. The van der Waals surface area contributed by atoms with Crippen LogP contribution in [0, 0.1) is 0 Å². The van der Waals surface area contributed by atoms with E-state index >= 15 is 0 Å². The van der Waals surface area contributed by atoms with Gasteiger partial charge in [-0.3, -0.25) is 4.79 Å². The smallest absolute Gasteiger partial charge is 0.254 e. The molecule has 1 aliphatic rings. The molecule has 0 radical (unpaired) electrons. The third kappa shape index (κ3) is 4.01. The normalized spacial score (nSPS) is 14.4. The second-order valence-corrected chi connectivity index (χ2v) is 5.80. The van der Waals surface area contributed by atoms with E-state index in [1.165, 1.54) is 12.8 Å². The molecule has 0 aliphatic heterocycles. The van der Waals surface area contributed by atoms with Crippen LogP contribution in [0.2, 0.25) is 0 Å². The van der Waals surface area contributed by atoms with Crippen LogP contribution in [0.5, 0.6) is 5.75 Å². The molecule has 126 valence electrons. The first-order chi connectivity index (χ1) is 11.8. The minimum absolute atomic E-state index is 0.108. The van der Waals surface area contributed by atoms with Gasteiger partial charge in [-0.1, -0.05) is 25.0 Å². The first-order valence-corrected chi connectivity index (χ1v) is 8.38. The maximum Gasteiger partial charge on any atom is 0.254 e. The molecular formula is C18H22N4O2. The summed E-state index contributed by atoms with van der Waals surface area (Å²) in [6.07, 6.45) is 7.57. The summed E-state index contributed by atoms with van der Waals surface area (Å²) in [5.41, 5.74) is 1.27. The van der Waals surface area contributed by atoms with Crippen LogP contribution in [-0.4, -0.2) is 28.5 Å². The van der Waals surface area contributed by atoms with Gasteiger partial charge in [0.05, 0.1) is 17.9 Å². The highest BCUT2D eigenvalue weighted by Gasteiger charge is 2.18. The third-order valence-corrected chi connectivity index (χ3v) is 4.04. The van der Waals surface area contributed by atoms with Crippen molar-refractivity contribution in [2.45, 2.75) is 38.6 Å². The second kappa shape index (κ2) is 7.77. The standard InChI is InChI=1S/C18H22N4O2/c1-2-24-16-10-6-5-9-15(16)22-18-19-11-13(12-20-18)17(23)21-14-7-3-4-8-14/h5-6,9-12,14H,2-4,7-8H2,1H3,(H,21,23)(H,19,20,22). The Hall–Kier alpha value is -2.63. The zero-order valence-electron chi connectivity index (χ0n) is 13.8. The van der Waals surface area contributed by atoms with Gasteiger partial charge in [-0.15, -0.1) is 0 Å². The molecule has 6 nitrogen and oxygen atoms in total. The minimum Gasteiger partial charge on any atom is -0.492 e. The van der Waals surface area contributed by atoms with Crippen LogP contribution in [-0.2, 0) is 0 Å². The van der Waals surface area contributed by atoms with Crippen molar-refractivity contribution in [3.05, 3.63) is 42.2 Å². The molecule has 2 aromatic rings. The monoisotopic (exact) mass is 326 g/mol. The number of benzene rings is 1. The number of nitrogens with zero attached hydrogens (tertiary/aromatic N) is 2. The van der Waals surface area contributed by atoms with Gasteiger partial charge in [0, 0.05) is 18.4 Å². The Morgan fingerprint density at radius 1 is 1.21 bits per heavy atom. The van der Waals surface area contributed by atoms with Gasteiger partial charge < -0.3 is 15.4 Å². The van der Waals surface area contributed by atoms with Crippen LogP contribution in [0.3, 0.4) is 0 Å². The van der Waals surface area contributed by atoms with Crippen LogP contribution in [0.25, 0.3) is 0 Å². The lowest BCUT2D eigenvalue weighted by Crippen LogP contribution is -2.32. The van der Waals surface area contributed by atoms with Gasteiger partial charge in [0.15, 0.2) is 0 Å². The topological polar surface area (TPSA) is 76.1 Å². The molecule has 1 aliphatic carbocycles. The average molecular weight is 326 g/mol. The Bertz CT molecular complexity index is 682. The summed E-state index contributed by atoms with van der Waals surface area (Å²) in [5, 5.41) is 6.15. The van der Waals surface area contributed by atoms with E-state index in [-0.39, 0.29) is 11.9 Å². The van der Waals surface area contributed by atoms with Crippen LogP contribution in [0.4, 0.5) is 11.6 Å². The third-order valence-electron chi connectivity index (χ3n) is 4.04. The molecular weight excluding hydrogens is 304 g/mol. The zero-order chi connectivity index (χ0) is 16.8. The number of amides is 1. The molecule has 0 unspecified atom stereocenters. The largest absolute Gasteiger partial charge is 0.492 e. The van der Waals surface area contributed by atoms with Gasteiger partial charge in [0.1, 0.15) is 5.75 Å². The lowest BCUT2D eigenvalue weighted by atomic mass is 10.2. The first kappa shape index (κ1) is 16.2. The highest BCUT2D eigenvalue weighted by molar-refractivity contribution is 5.93. The van der Waals surface area contributed by atoms with E-state index in [2.05, 4.69) is 20.6 Å². The zero-order valence-corrected chi connectivity index (χ0v) is 13.8. The molecule has 1 amide bonds. The molecule has 1 aromatic carbocycles. The number of nitrogens with one attached hydrogen (secondary N) is 2. The number of ether oxygens (including phenoxy) is 1. The lowest BCUT2D eigenvalue weighted by Gasteiger charge is -2.12. The van der Waals surface area contributed by atoms with Crippen molar-refractivity contribution in [3.8, 4) is 5.75 Å². The van der Waals surface area contributed by atoms with Crippen molar-refractivity contribution < 1.29 is 9.53 Å². The maximum atomic E-state index is 12.2. The van der Waals surface area contributed by atoms with E-state index in [1.54, 1.807) is 12.4 Å². The molecule has 6 heteroatoms. The number of rotatable bonds is 6. The quantitative estimate of drug-likeness (QED) is 0.852. The molecule has 0 spiro atoms. The van der Waals surface area contributed by atoms with Gasteiger partial charge >= 0.3 is 0 Å². The summed E-state index contributed by atoms with van der Waals surface area (Å²) in [4.78, 5) is 20.6. The number of aromatic nitrogens is 2. The highest BCUT2D eigenvalue weighted by Crippen LogP contribution is 2.25. The molecule has 3 rings (SSSR count). The maximum absolute atomic E-state index is 12.2. The van der Waals surface area contributed by atoms with Crippen molar-refractivity contribution in [3.63, 3.8) is 0 Å². The van der Waals surface area contributed by atoms with E-state index in [9.17, 15) is 4.79 Å². The molecule has 1 heterocycles. The average Bonchev–Trinajstić information content (AvgIpc) is 3.10.